The lowest BCUT2D eigenvalue weighted by atomic mass is 10.0. The minimum Gasteiger partial charge on any atom is -0.296 e. The summed E-state index contributed by atoms with van der Waals surface area (Å²) in [6.45, 7) is 3.85. The van der Waals surface area contributed by atoms with E-state index in [4.69, 9.17) is 0 Å². The van der Waals surface area contributed by atoms with E-state index < -0.39 is 17.6 Å². The third-order valence-corrected chi connectivity index (χ3v) is 5.22. The van der Waals surface area contributed by atoms with E-state index in [9.17, 15) is 17.6 Å². The van der Waals surface area contributed by atoms with Crippen LogP contribution in [0.3, 0.4) is 0 Å². The number of alkyl halides is 3. The molecule has 124 valence electrons. The van der Waals surface area contributed by atoms with E-state index in [0.717, 1.165) is 30.3 Å². The molecule has 0 amide bonds. The number of thiophene rings is 1. The molecule has 0 radical (unpaired) electrons. The highest BCUT2D eigenvalue weighted by Gasteiger charge is 2.31. The molecule has 23 heavy (non-hydrogen) atoms. The minimum atomic E-state index is -4.55. The Labute approximate surface area is 136 Å². The number of halogens is 4. The molecule has 1 aliphatic rings. The molecule has 2 aromatic rings. The van der Waals surface area contributed by atoms with Gasteiger partial charge in [0.15, 0.2) is 0 Å². The average molecular weight is 343 g/mol. The number of benzene rings is 1. The van der Waals surface area contributed by atoms with Crippen molar-refractivity contribution in [3.63, 3.8) is 0 Å². The highest BCUT2D eigenvalue weighted by Crippen LogP contribution is 2.36. The van der Waals surface area contributed by atoms with Crippen LogP contribution in [0.1, 0.15) is 30.2 Å². The molecule has 1 atom stereocenters. The van der Waals surface area contributed by atoms with Crippen molar-refractivity contribution >= 4 is 11.3 Å². The molecule has 2 heterocycles. The maximum absolute atomic E-state index is 13.6. The Morgan fingerprint density at radius 1 is 1.26 bits per heavy atom. The van der Waals surface area contributed by atoms with E-state index in [-0.39, 0.29) is 0 Å². The van der Waals surface area contributed by atoms with Crippen LogP contribution in [0.4, 0.5) is 17.6 Å². The quantitative estimate of drug-likeness (QED) is 0.660. The summed E-state index contributed by atoms with van der Waals surface area (Å²) in [7, 11) is 0. The van der Waals surface area contributed by atoms with Gasteiger partial charge in [0.1, 0.15) is 5.82 Å². The summed E-state index contributed by atoms with van der Waals surface area (Å²) < 4.78 is 52.3. The summed E-state index contributed by atoms with van der Waals surface area (Å²) in [5.41, 5.74) is 0.0405. The standard InChI is InChI=1S/C17H17F4NS/c1-11-3-2-5-22(11)10-16-15(4-6-23-16)12-7-13(17(19,20)21)9-14(18)8-12/h4,6-9,11H,2-3,5,10H2,1H3/t11-/m1/s1. The van der Waals surface area contributed by atoms with Crippen LogP contribution in [-0.4, -0.2) is 17.5 Å². The van der Waals surface area contributed by atoms with Gasteiger partial charge in [-0.1, -0.05) is 0 Å². The second-order valence-corrected chi connectivity index (χ2v) is 6.95. The minimum absolute atomic E-state index is 0.292. The zero-order chi connectivity index (χ0) is 16.6. The van der Waals surface area contributed by atoms with Crippen LogP contribution in [0.2, 0.25) is 0 Å². The molecule has 0 N–H and O–H groups in total. The molecule has 0 aliphatic carbocycles. The lowest BCUT2D eigenvalue weighted by molar-refractivity contribution is -0.137. The topological polar surface area (TPSA) is 3.24 Å². The predicted octanol–water partition coefficient (Wildman–Crippen LogP) is 5.56. The lowest BCUT2D eigenvalue weighted by Gasteiger charge is -2.21. The Morgan fingerprint density at radius 2 is 2.04 bits per heavy atom. The summed E-state index contributed by atoms with van der Waals surface area (Å²) in [6.07, 6.45) is -2.27. The molecular weight excluding hydrogens is 326 g/mol. The Morgan fingerprint density at radius 3 is 2.70 bits per heavy atom. The Hall–Kier alpha value is -1.40. The molecule has 1 saturated heterocycles. The second kappa shape index (κ2) is 6.24. The summed E-state index contributed by atoms with van der Waals surface area (Å²) in [4.78, 5) is 3.30. The maximum atomic E-state index is 13.6. The molecular formula is C17H17F4NS. The third kappa shape index (κ3) is 3.58. The SMILES string of the molecule is C[C@@H]1CCCN1Cc1sccc1-c1cc(F)cc(C(F)(F)F)c1. The zero-order valence-electron chi connectivity index (χ0n) is 12.7. The highest BCUT2D eigenvalue weighted by molar-refractivity contribution is 7.10. The first-order chi connectivity index (χ1) is 10.8. The van der Waals surface area contributed by atoms with Crippen molar-refractivity contribution in [3.8, 4) is 11.1 Å². The van der Waals surface area contributed by atoms with Crippen molar-refractivity contribution in [2.75, 3.05) is 6.54 Å². The van der Waals surface area contributed by atoms with Gasteiger partial charge in [-0.25, -0.2) is 4.39 Å². The van der Waals surface area contributed by atoms with Gasteiger partial charge in [-0.2, -0.15) is 13.2 Å². The van der Waals surface area contributed by atoms with Crippen LogP contribution in [-0.2, 0) is 12.7 Å². The van der Waals surface area contributed by atoms with Crippen LogP contribution < -0.4 is 0 Å². The largest absolute Gasteiger partial charge is 0.416 e. The van der Waals surface area contributed by atoms with E-state index in [1.165, 1.54) is 17.4 Å². The van der Waals surface area contributed by atoms with Crippen LogP contribution in [0.5, 0.6) is 0 Å². The van der Waals surface area contributed by atoms with Crippen molar-refractivity contribution in [3.05, 3.63) is 45.9 Å². The molecule has 0 unspecified atom stereocenters. The van der Waals surface area contributed by atoms with Crippen molar-refractivity contribution in [2.45, 2.75) is 38.5 Å². The average Bonchev–Trinajstić information content (AvgIpc) is 3.08. The molecule has 1 fully saturated rings. The molecule has 1 aliphatic heterocycles. The number of hydrogen-bond donors (Lipinski definition) is 0. The van der Waals surface area contributed by atoms with E-state index in [2.05, 4.69) is 11.8 Å². The smallest absolute Gasteiger partial charge is 0.296 e. The van der Waals surface area contributed by atoms with Crippen molar-refractivity contribution in [1.29, 1.82) is 0 Å². The number of likely N-dealkylation sites (tertiary alicyclic amines) is 1. The predicted molar refractivity (Wildman–Crippen MR) is 83.8 cm³/mol. The Bertz CT molecular complexity index is 692. The zero-order valence-corrected chi connectivity index (χ0v) is 13.5. The molecule has 0 saturated carbocycles. The van der Waals surface area contributed by atoms with Crippen LogP contribution in [0.15, 0.2) is 29.6 Å². The fourth-order valence-corrected chi connectivity index (χ4v) is 3.96. The van der Waals surface area contributed by atoms with E-state index in [1.807, 2.05) is 5.38 Å². The summed E-state index contributed by atoms with van der Waals surface area (Å²) in [5, 5.41) is 1.85. The second-order valence-electron chi connectivity index (χ2n) is 5.95. The van der Waals surface area contributed by atoms with Crippen LogP contribution in [0, 0.1) is 5.82 Å². The molecule has 1 nitrogen and oxygen atoms in total. The molecule has 0 spiro atoms. The van der Waals surface area contributed by atoms with Gasteiger partial charge in [-0.3, -0.25) is 4.90 Å². The Balaban J connectivity index is 1.94. The lowest BCUT2D eigenvalue weighted by Crippen LogP contribution is -2.25. The van der Waals surface area contributed by atoms with Gasteiger partial charge in [0.05, 0.1) is 5.56 Å². The highest BCUT2D eigenvalue weighted by atomic mass is 32.1. The van der Waals surface area contributed by atoms with Crippen LogP contribution >= 0.6 is 11.3 Å². The summed E-state index contributed by atoms with van der Waals surface area (Å²) in [6, 6.07) is 4.99. The van der Waals surface area contributed by atoms with E-state index in [0.29, 0.717) is 29.8 Å². The molecule has 1 aromatic carbocycles. The van der Waals surface area contributed by atoms with Crippen molar-refractivity contribution in [2.24, 2.45) is 0 Å². The maximum Gasteiger partial charge on any atom is 0.416 e. The first-order valence-corrected chi connectivity index (χ1v) is 8.41. The van der Waals surface area contributed by atoms with E-state index >= 15 is 0 Å². The summed E-state index contributed by atoms with van der Waals surface area (Å²) >= 11 is 1.51. The summed E-state index contributed by atoms with van der Waals surface area (Å²) in [5.74, 6) is -0.860. The molecule has 6 heteroatoms. The first kappa shape index (κ1) is 16.5. The number of rotatable bonds is 3. The van der Waals surface area contributed by atoms with Gasteiger partial charge in [0.25, 0.3) is 0 Å². The van der Waals surface area contributed by atoms with Crippen molar-refractivity contribution in [1.82, 2.24) is 4.90 Å². The number of hydrogen-bond acceptors (Lipinski definition) is 2. The van der Waals surface area contributed by atoms with Gasteiger partial charge in [-0.05, 0) is 67.1 Å². The molecule has 1 aromatic heterocycles. The van der Waals surface area contributed by atoms with Crippen molar-refractivity contribution < 1.29 is 17.6 Å². The van der Waals surface area contributed by atoms with Gasteiger partial charge in [0.2, 0.25) is 0 Å². The van der Waals surface area contributed by atoms with E-state index in [1.54, 1.807) is 6.07 Å². The van der Waals surface area contributed by atoms with Gasteiger partial charge in [-0.15, -0.1) is 11.3 Å². The molecule has 0 bridgehead atoms. The normalized spacial score (nSPS) is 19.4. The Kier molecular flexibility index (Phi) is 4.47. The van der Waals surface area contributed by atoms with Crippen LogP contribution in [0.25, 0.3) is 11.1 Å². The first-order valence-electron chi connectivity index (χ1n) is 7.53. The fourth-order valence-electron chi connectivity index (χ4n) is 3.04. The third-order valence-electron chi connectivity index (χ3n) is 4.32. The van der Waals surface area contributed by atoms with Gasteiger partial charge >= 0.3 is 6.18 Å². The fraction of sp³-hybridized carbons (Fsp3) is 0.412. The van der Waals surface area contributed by atoms with Gasteiger partial charge < -0.3 is 0 Å². The number of nitrogens with zero attached hydrogens (tertiary/aromatic N) is 1. The monoisotopic (exact) mass is 343 g/mol. The molecule has 3 rings (SSSR count). The van der Waals surface area contributed by atoms with Gasteiger partial charge in [0, 0.05) is 17.5 Å².